The molecule has 2 fully saturated rings. The second kappa shape index (κ2) is 9.31. The van der Waals surface area contributed by atoms with Crippen molar-refractivity contribution in [1.29, 1.82) is 0 Å². The molecule has 0 aliphatic carbocycles. The first-order chi connectivity index (χ1) is 15.4. The first-order valence-electron chi connectivity index (χ1n) is 10.6. The molecule has 0 radical (unpaired) electrons. The van der Waals surface area contributed by atoms with Crippen LogP contribution in [-0.2, 0) is 10.0 Å². The highest BCUT2D eigenvalue weighted by Crippen LogP contribution is 2.32. The van der Waals surface area contributed by atoms with Crippen molar-refractivity contribution in [2.45, 2.75) is 24.7 Å². The summed E-state index contributed by atoms with van der Waals surface area (Å²) in [4.78, 5) is 8.88. The fourth-order valence-electron chi connectivity index (χ4n) is 4.35. The number of nitrogens with one attached hydrogen (secondary N) is 1. The molecule has 10 nitrogen and oxygen atoms in total. The zero-order valence-corrected chi connectivity index (χ0v) is 18.9. The van der Waals surface area contributed by atoms with Crippen molar-refractivity contribution >= 4 is 22.3 Å². The number of H-pyrrole nitrogens is 1. The van der Waals surface area contributed by atoms with Gasteiger partial charge in [0.2, 0.25) is 15.8 Å². The Morgan fingerprint density at radius 1 is 1.31 bits per heavy atom. The summed E-state index contributed by atoms with van der Waals surface area (Å²) in [7, 11) is -3.98. The Morgan fingerprint density at radius 2 is 2.06 bits per heavy atom. The van der Waals surface area contributed by atoms with Crippen molar-refractivity contribution in [2.24, 2.45) is 16.0 Å². The summed E-state index contributed by atoms with van der Waals surface area (Å²) in [6.45, 7) is 11.1. The van der Waals surface area contributed by atoms with E-state index in [0.717, 1.165) is 31.0 Å². The van der Waals surface area contributed by atoms with Crippen molar-refractivity contribution in [3.05, 3.63) is 41.7 Å². The van der Waals surface area contributed by atoms with E-state index in [4.69, 9.17) is 5.14 Å². The van der Waals surface area contributed by atoms with Gasteiger partial charge in [0.25, 0.3) is 0 Å². The molecule has 1 aromatic carbocycles. The van der Waals surface area contributed by atoms with Gasteiger partial charge < -0.3 is 9.80 Å². The number of benzene rings is 1. The molecule has 2 aliphatic heterocycles. The molecule has 0 atom stereocenters. The van der Waals surface area contributed by atoms with Crippen LogP contribution < -0.4 is 5.14 Å². The highest BCUT2D eigenvalue weighted by atomic mass is 32.2. The number of rotatable bonds is 8. The van der Waals surface area contributed by atoms with E-state index in [-0.39, 0.29) is 10.7 Å². The Morgan fingerprint density at radius 3 is 2.69 bits per heavy atom. The van der Waals surface area contributed by atoms with Crippen molar-refractivity contribution < 1.29 is 8.42 Å². The molecule has 0 unspecified atom stereocenters. The van der Waals surface area contributed by atoms with Gasteiger partial charge in [0.05, 0.1) is 10.5 Å². The van der Waals surface area contributed by atoms with Gasteiger partial charge in [-0.15, -0.1) is 10.2 Å². The van der Waals surface area contributed by atoms with E-state index < -0.39 is 10.0 Å². The SMILES string of the molecule is C=N/C(=C\C=C(/C)c1cccc(S(N)(=O)=O)c1-c1nn[nH]n1)N1CC(CN2CCCC2)C1. The summed E-state index contributed by atoms with van der Waals surface area (Å²) >= 11 is 0. The average Bonchev–Trinajstić information content (AvgIpc) is 3.44. The number of sulfonamides is 1. The van der Waals surface area contributed by atoms with Crippen LogP contribution in [0.1, 0.15) is 25.3 Å². The van der Waals surface area contributed by atoms with Crippen LogP contribution in [0.2, 0.25) is 0 Å². The Balaban J connectivity index is 1.56. The molecule has 0 spiro atoms. The molecule has 170 valence electrons. The molecule has 3 N–H and O–H groups in total. The van der Waals surface area contributed by atoms with Crippen molar-refractivity contribution in [2.75, 3.05) is 32.7 Å². The average molecular weight is 457 g/mol. The van der Waals surface area contributed by atoms with E-state index in [1.54, 1.807) is 12.1 Å². The third-order valence-electron chi connectivity index (χ3n) is 5.97. The zero-order chi connectivity index (χ0) is 22.7. The van der Waals surface area contributed by atoms with Crippen molar-refractivity contribution in [3.63, 3.8) is 0 Å². The van der Waals surface area contributed by atoms with Gasteiger partial charge in [-0.1, -0.05) is 18.2 Å². The molecule has 0 saturated carbocycles. The number of nitrogens with zero attached hydrogens (tertiary/aromatic N) is 6. The lowest BCUT2D eigenvalue weighted by Gasteiger charge is -2.42. The molecule has 1 aromatic heterocycles. The number of tetrazole rings is 1. The highest BCUT2D eigenvalue weighted by Gasteiger charge is 2.30. The summed E-state index contributed by atoms with van der Waals surface area (Å²) in [6.07, 6.45) is 6.40. The fraction of sp³-hybridized carbons (Fsp3) is 0.429. The molecular formula is C21H28N8O2S. The fourth-order valence-corrected chi connectivity index (χ4v) is 5.10. The minimum atomic E-state index is -3.98. The molecule has 2 aromatic rings. The normalized spacial score (nSPS) is 18.8. The molecule has 2 aliphatic rings. The summed E-state index contributed by atoms with van der Waals surface area (Å²) in [5.74, 6) is 1.61. The predicted molar refractivity (Wildman–Crippen MR) is 123 cm³/mol. The summed E-state index contributed by atoms with van der Waals surface area (Å²) in [5.41, 5.74) is 1.77. The van der Waals surface area contributed by atoms with Gasteiger partial charge in [-0.2, -0.15) is 5.21 Å². The zero-order valence-electron chi connectivity index (χ0n) is 18.1. The molecule has 32 heavy (non-hydrogen) atoms. The van der Waals surface area contributed by atoms with Crippen LogP contribution in [-0.4, -0.2) is 78.3 Å². The Labute approximate surface area is 187 Å². The molecule has 0 bridgehead atoms. The van der Waals surface area contributed by atoms with E-state index in [2.05, 4.69) is 42.1 Å². The van der Waals surface area contributed by atoms with Crippen LogP contribution in [0.25, 0.3) is 17.0 Å². The second-order valence-corrected chi connectivity index (χ2v) is 9.80. The highest BCUT2D eigenvalue weighted by molar-refractivity contribution is 7.89. The Kier molecular flexibility index (Phi) is 6.49. The molecular weight excluding hydrogens is 428 g/mol. The number of aromatic amines is 1. The topological polar surface area (TPSA) is 133 Å². The number of hydrogen-bond donors (Lipinski definition) is 2. The largest absolute Gasteiger partial charge is 0.356 e. The maximum absolute atomic E-state index is 12.2. The van der Waals surface area contributed by atoms with Gasteiger partial charge in [-0.25, -0.2) is 18.5 Å². The monoisotopic (exact) mass is 456 g/mol. The lowest BCUT2D eigenvalue weighted by molar-refractivity contribution is 0.105. The van der Waals surface area contributed by atoms with Crippen LogP contribution in [0.4, 0.5) is 0 Å². The summed E-state index contributed by atoms with van der Waals surface area (Å²) in [5, 5.41) is 19.3. The van der Waals surface area contributed by atoms with Crippen LogP contribution >= 0.6 is 0 Å². The minimum absolute atomic E-state index is 0.0531. The van der Waals surface area contributed by atoms with E-state index in [0.29, 0.717) is 17.0 Å². The lowest BCUT2D eigenvalue weighted by Crippen LogP contribution is -2.50. The molecule has 2 saturated heterocycles. The molecule has 11 heteroatoms. The first kappa shape index (κ1) is 22.3. The van der Waals surface area contributed by atoms with E-state index in [1.807, 2.05) is 19.1 Å². The molecule has 0 amide bonds. The van der Waals surface area contributed by atoms with Gasteiger partial charge >= 0.3 is 0 Å². The number of primary sulfonamides is 1. The molecule has 3 heterocycles. The van der Waals surface area contributed by atoms with Crippen LogP contribution in [0.15, 0.2) is 46.1 Å². The number of aliphatic imine (C=N–C) groups is 1. The van der Waals surface area contributed by atoms with Crippen LogP contribution in [0.5, 0.6) is 0 Å². The Hall–Kier alpha value is -2.89. The van der Waals surface area contributed by atoms with Gasteiger partial charge in [0, 0.05) is 25.6 Å². The van der Waals surface area contributed by atoms with Gasteiger partial charge in [0.15, 0.2) is 0 Å². The summed E-state index contributed by atoms with van der Waals surface area (Å²) in [6, 6.07) is 4.88. The quantitative estimate of drug-likeness (QED) is 0.454. The second-order valence-electron chi connectivity index (χ2n) is 8.27. The summed E-state index contributed by atoms with van der Waals surface area (Å²) < 4.78 is 24.3. The van der Waals surface area contributed by atoms with Crippen molar-refractivity contribution in [3.8, 4) is 11.4 Å². The number of nitrogens with two attached hydrogens (primary N) is 1. The number of aromatic nitrogens is 4. The predicted octanol–water partition coefficient (Wildman–Crippen LogP) is 1.49. The smallest absolute Gasteiger partial charge is 0.238 e. The third kappa shape index (κ3) is 4.79. The number of hydrogen-bond acceptors (Lipinski definition) is 8. The lowest BCUT2D eigenvalue weighted by atomic mass is 9.98. The Bertz CT molecular complexity index is 1130. The van der Waals surface area contributed by atoms with Gasteiger partial charge in [-0.3, -0.25) is 0 Å². The maximum atomic E-state index is 12.2. The maximum Gasteiger partial charge on any atom is 0.238 e. The number of likely N-dealkylation sites (tertiary alicyclic amines) is 2. The standard InChI is InChI=1S/C21H28N8O2S/c1-15(8-9-19(23-2)29-13-16(14-29)12-28-10-3-4-11-28)17-6-5-7-18(32(22,30)31)20(17)21-24-26-27-25-21/h5-9,16H,2-4,10-14H2,1H3,(H2,22,30,31)(H,24,25,26,27)/b15-8+,19-9+. The van der Waals surface area contributed by atoms with Crippen LogP contribution in [0, 0.1) is 5.92 Å². The van der Waals surface area contributed by atoms with E-state index in [1.165, 1.54) is 32.0 Å². The first-order valence-corrected chi connectivity index (χ1v) is 12.1. The van der Waals surface area contributed by atoms with Crippen LogP contribution in [0.3, 0.4) is 0 Å². The van der Waals surface area contributed by atoms with Gasteiger partial charge in [0.1, 0.15) is 5.82 Å². The number of allylic oxidation sites excluding steroid dienone is 3. The minimum Gasteiger partial charge on any atom is -0.356 e. The van der Waals surface area contributed by atoms with Gasteiger partial charge in [-0.05, 0) is 68.1 Å². The third-order valence-corrected chi connectivity index (χ3v) is 6.92. The van der Waals surface area contributed by atoms with E-state index in [9.17, 15) is 8.42 Å². The molecule has 4 rings (SSSR count). The van der Waals surface area contributed by atoms with Crippen molar-refractivity contribution in [1.82, 2.24) is 30.4 Å². The van der Waals surface area contributed by atoms with E-state index >= 15 is 0 Å².